The van der Waals surface area contributed by atoms with Crippen molar-refractivity contribution in [3.05, 3.63) is 0 Å². The van der Waals surface area contributed by atoms with Crippen molar-refractivity contribution in [2.24, 2.45) is 0 Å². The second-order valence-electron chi connectivity index (χ2n) is 3.00. The first-order valence-electron chi connectivity index (χ1n) is 4.40. The minimum atomic E-state index is -1.35. The highest BCUT2D eigenvalue weighted by Gasteiger charge is 2.42. The van der Waals surface area contributed by atoms with Crippen LogP contribution in [0.15, 0.2) is 0 Å². The lowest BCUT2D eigenvalue weighted by atomic mass is 10.3. The molecule has 1 aliphatic rings. The third kappa shape index (κ3) is 2.77. The van der Waals surface area contributed by atoms with E-state index in [1.807, 2.05) is 0 Å². The van der Waals surface area contributed by atoms with Crippen LogP contribution in [0.5, 0.6) is 0 Å². The first kappa shape index (κ1) is 12.6. The number of barbiturate groups is 1. The van der Waals surface area contributed by atoms with Crippen molar-refractivity contribution in [3.63, 3.8) is 0 Å². The number of urea groups is 1. The maximum absolute atomic E-state index is 11.5. The molecule has 0 radical (unpaired) electrons. The van der Waals surface area contributed by atoms with E-state index in [4.69, 9.17) is 0 Å². The molecule has 9 nitrogen and oxygen atoms in total. The second kappa shape index (κ2) is 4.60. The van der Waals surface area contributed by atoms with Crippen LogP contribution in [0.2, 0.25) is 0 Å². The Morgan fingerprint density at radius 2 is 1.29 bits per heavy atom. The lowest BCUT2D eigenvalue weighted by molar-refractivity contribution is -0.211. The van der Waals surface area contributed by atoms with Crippen LogP contribution in [0.1, 0.15) is 20.3 Å². The van der Waals surface area contributed by atoms with Crippen molar-refractivity contribution >= 4 is 29.8 Å². The van der Waals surface area contributed by atoms with Gasteiger partial charge in [-0.15, -0.1) is 0 Å². The van der Waals surface area contributed by atoms with E-state index in [1.54, 1.807) is 0 Å². The van der Waals surface area contributed by atoms with Crippen LogP contribution in [-0.4, -0.2) is 39.9 Å². The summed E-state index contributed by atoms with van der Waals surface area (Å²) in [6, 6.07) is -1.35. The van der Waals surface area contributed by atoms with Crippen LogP contribution in [0.4, 0.5) is 4.79 Å². The highest BCUT2D eigenvalue weighted by Crippen LogP contribution is 2.13. The number of carbonyl (C=O) groups excluding carboxylic acids is 5. The van der Waals surface area contributed by atoms with Gasteiger partial charge in [0, 0.05) is 13.8 Å². The Bertz CT molecular complexity index is 380. The number of hydrogen-bond donors (Lipinski definition) is 0. The third-order valence-corrected chi connectivity index (χ3v) is 1.54. The van der Waals surface area contributed by atoms with E-state index in [0.717, 1.165) is 13.8 Å². The van der Waals surface area contributed by atoms with Gasteiger partial charge in [0.05, 0.1) is 0 Å². The molecule has 0 aromatic rings. The molecule has 1 rings (SSSR count). The Hall–Kier alpha value is -2.45. The fourth-order valence-corrected chi connectivity index (χ4v) is 1.01. The molecule has 1 saturated heterocycles. The minimum absolute atomic E-state index is 0.0622. The smallest absolute Gasteiger partial charge is 0.329 e. The van der Waals surface area contributed by atoms with Gasteiger partial charge < -0.3 is 9.68 Å². The summed E-state index contributed by atoms with van der Waals surface area (Å²) in [6.45, 7) is 1.93. The molecule has 0 spiro atoms. The summed E-state index contributed by atoms with van der Waals surface area (Å²) in [7, 11) is 0. The molecule has 9 heteroatoms. The van der Waals surface area contributed by atoms with Gasteiger partial charge in [-0.25, -0.2) is 14.4 Å². The van der Waals surface area contributed by atoms with Crippen LogP contribution < -0.4 is 0 Å². The molecule has 4 amide bonds. The quantitative estimate of drug-likeness (QED) is 0.580. The molecule has 1 fully saturated rings. The summed E-state index contributed by atoms with van der Waals surface area (Å²) in [5.74, 6) is -3.88. The van der Waals surface area contributed by atoms with Crippen LogP contribution in [0.25, 0.3) is 0 Å². The van der Waals surface area contributed by atoms with E-state index in [9.17, 15) is 24.0 Å². The van der Waals surface area contributed by atoms with Crippen molar-refractivity contribution in [2.75, 3.05) is 0 Å². The topological polar surface area (TPSA) is 110 Å². The largest absolute Gasteiger partial charge is 0.401 e. The van der Waals surface area contributed by atoms with Gasteiger partial charge in [0.1, 0.15) is 6.42 Å². The molecule has 17 heavy (non-hydrogen) atoms. The monoisotopic (exact) mass is 244 g/mol. The number of amides is 4. The lowest BCUT2D eigenvalue weighted by Crippen LogP contribution is -2.55. The number of imide groups is 2. The van der Waals surface area contributed by atoms with E-state index >= 15 is 0 Å². The van der Waals surface area contributed by atoms with Gasteiger partial charge in [0.15, 0.2) is 0 Å². The molecule has 0 saturated carbocycles. The Labute approximate surface area is 94.8 Å². The van der Waals surface area contributed by atoms with Gasteiger partial charge >= 0.3 is 18.0 Å². The third-order valence-electron chi connectivity index (χ3n) is 1.54. The van der Waals surface area contributed by atoms with Gasteiger partial charge in [-0.1, -0.05) is 10.1 Å². The van der Waals surface area contributed by atoms with Gasteiger partial charge in [0.25, 0.3) is 11.8 Å². The van der Waals surface area contributed by atoms with E-state index < -0.39 is 36.2 Å². The first-order chi connectivity index (χ1) is 7.82. The standard InChI is InChI=1S/C8H8N2O7/c1-4(11)16-9-6(13)3-7(14)10(8(9)15)17-5(2)12/h3H2,1-2H3. The number of nitrogens with zero attached hydrogens (tertiary/aromatic N) is 2. The molecule has 0 aromatic heterocycles. The number of hydrogen-bond acceptors (Lipinski definition) is 7. The molecular weight excluding hydrogens is 236 g/mol. The molecule has 1 aliphatic heterocycles. The Kier molecular flexibility index (Phi) is 3.41. The fraction of sp³-hybridized carbons (Fsp3) is 0.375. The Balaban J connectivity index is 2.90. The molecule has 0 atom stereocenters. The highest BCUT2D eigenvalue weighted by molar-refractivity contribution is 6.13. The van der Waals surface area contributed by atoms with Crippen molar-refractivity contribution in [3.8, 4) is 0 Å². The summed E-state index contributed by atoms with van der Waals surface area (Å²) in [5.41, 5.74) is 0. The van der Waals surface area contributed by atoms with Crippen molar-refractivity contribution in [1.29, 1.82) is 0 Å². The normalized spacial score (nSPS) is 16.0. The Morgan fingerprint density at radius 1 is 0.941 bits per heavy atom. The molecule has 0 aliphatic carbocycles. The number of carbonyl (C=O) groups is 5. The highest BCUT2D eigenvalue weighted by atomic mass is 16.8. The molecular formula is C8H8N2O7. The van der Waals surface area contributed by atoms with Gasteiger partial charge in [-0.2, -0.15) is 0 Å². The van der Waals surface area contributed by atoms with Crippen LogP contribution in [0.3, 0.4) is 0 Å². The van der Waals surface area contributed by atoms with Crippen molar-refractivity contribution < 1.29 is 33.6 Å². The van der Waals surface area contributed by atoms with E-state index in [0.29, 0.717) is 0 Å². The summed E-state index contributed by atoms with van der Waals surface area (Å²) in [4.78, 5) is 63.8. The molecule has 0 aromatic carbocycles. The summed E-state index contributed by atoms with van der Waals surface area (Å²) in [6.07, 6.45) is -0.744. The molecule has 1 heterocycles. The average molecular weight is 244 g/mol. The Morgan fingerprint density at radius 3 is 1.59 bits per heavy atom. The summed E-state index contributed by atoms with van der Waals surface area (Å²) in [5, 5.41) is 0.124. The predicted octanol–water partition coefficient (Wildman–Crippen LogP) is -0.876. The zero-order valence-electron chi connectivity index (χ0n) is 8.96. The van der Waals surface area contributed by atoms with Crippen molar-refractivity contribution in [1.82, 2.24) is 10.1 Å². The molecule has 0 unspecified atom stereocenters. The van der Waals surface area contributed by atoms with E-state index in [2.05, 4.69) is 9.68 Å². The molecule has 92 valence electrons. The van der Waals surface area contributed by atoms with E-state index in [-0.39, 0.29) is 10.1 Å². The van der Waals surface area contributed by atoms with Gasteiger partial charge in [-0.05, 0) is 0 Å². The SMILES string of the molecule is CC(=O)ON1C(=O)CC(=O)N(OC(C)=O)C1=O. The van der Waals surface area contributed by atoms with Crippen LogP contribution >= 0.6 is 0 Å². The summed E-state index contributed by atoms with van der Waals surface area (Å²) >= 11 is 0. The molecule has 0 N–H and O–H groups in total. The number of hydroxylamine groups is 4. The zero-order chi connectivity index (χ0) is 13.2. The maximum Gasteiger partial charge on any atom is 0.401 e. The predicted molar refractivity (Wildman–Crippen MR) is 47.2 cm³/mol. The zero-order valence-corrected chi connectivity index (χ0v) is 8.96. The lowest BCUT2D eigenvalue weighted by Gasteiger charge is -2.28. The van der Waals surface area contributed by atoms with Gasteiger partial charge in [0.2, 0.25) is 0 Å². The number of rotatable bonds is 2. The fourth-order valence-electron chi connectivity index (χ4n) is 1.01. The minimum Gasteiger partial charge on any atom is -0.329 e. The first-order valence-corrected chi connectivity index (χ1v) is 4.40. The van der Waals surface area contributed by atoms with Crippen LogP contribution in [0, 0.1) is 0 Å². The summed E-state index contributed by atoms with van der Waals surface area (Å²) < 4.78 is 0. The molecule has 0 bridgehead atoms. The van der Waals surface area contributed by atoms with E-state index in [1.165, 1.54) is 0 Å². The van der Waals surface area contributed by atoms with Gasteiger partial charge in [-0.3, -0.25) is 9.59 Å². The average Bonchev–Trinajstić information content (AvgIpc) is 2.18. The maximum atomic E-state index is 11.5. The van der Waals surface area contributed by atoms with Crippen LogP contribution in [-0.2, 0) is 28.9 Å². The van der Waals surface area contributed by atoms with Crippen molar-refractivity contribution in [2.45, 2.75) is 20.3 Å². The second-order valence-corrected chi connectivity index (χ2v) is 3.00.